The Labute approximate surface area is 168 Å². The van der Waals surface area contributed by atoms with E-state index in [1.807, 2.05) is 35.2 Å². The Morgan fingerprint density at radius 3 is 2.50 bits per heavy atom. The van der Waals surface area contributed by atoms with E-state index in [4.69, 9.17) is 4.74 Å². The summed E-state index contributed by atoms with van der Waals surface area (Å²) >= 11 is 0. The quantitative estimate of drug-likeness (QED) is 0.813. The molecule has 1 aromatic rings. The van der Waals surface area contributed by atoms with E-state index in [1.54, 1.807) is 0 Å². The van der Waals surface area contributed by atoms with Crippen LogP contribution in [-0.2, 0) is 9.53 Å². The predicted octanol–water partition coefficient (Wildman–Crippen LogP) is 2.15. The van der Waals surface area contributed by atoms with Crippen molar-refractivity contribution in [2.45, 2.75) is 44.8 Å². The van der Waals surface area contributed by atoms with Crippen molar-refractivity contribution < 1.29 is 14.3 Å². The van der Waals surface area contributed by atoms with E-state index in [1.165, 1.54) is 0 Å². The summed E-state index contributed by atoms with van der Waals surface area (Å²) in [7, 11) is 2.09. The van der Waals surface area contributed by atoms with Crippen LogP contribution in [0.1, 0.15) is 43.0 Å². The second-order valence-corrected chi connectivity index (χ2v) is 7.99. The first-order valence-electron chi connectivity index (χ1n) is 10.5. The molecule has 1 aromatic carbocycles. The highest BCUT2D eigenvalue weighted by Gasteiger charge is 2.37. The largest absolute Gasteiger partial charge is 0.376 e. The molecule has 3 rings (SSSR count). The maximum absolute atomic E-state index is 13.0. The first-order chi connectivity index (χ1) is 13.6. The fourth-order valence-electron chi connectivity index (χ4n) is 4.10. The van der Waals surface area contributed by atoms with E-state index in [0.29, 0.717) is 18.6 Å². The third-order valence-electron chi connectivity index (χ3n) is 5.84. The Morgan fingerprint density at radius 2 is 1.82 bits per heavy atom. The van der Waals surface area contributed by atoms with Gasteiger partial charge in [0.25, 0.3) is 5.91 Å². The van der Waals surface area contributed by atoms with Crippen LogP contribution >= 0.6 is 0 Å². The molecule has 3 atom stereocenters. The molecule has 6 heteroatoms. The molecule has 1 aliphatic carbocycles. The summed E-state index contributed by atoms with van der Waals surface area (Å²) in [6.07, 6.45) is 3.08. The van der Waals surface area contributed by atoms with Crippen LogP contribution in [0.5, 0.6) is 0 Å². The van der Waals surface area contributed by atoms with Gasteiger partial charge in [-0.3, -0.25) is 9.59 Å². The van der Waals surface area contributed by atoms with Gasteiger partial charge in [-0.05, 0) is 44.9 Å². The number of ether oxygens (including phenoxy) is 1. The van der Waals surface area contributed by atoms with Crippen LogP contribution in [-0.4, -0.2) is 73.6 Å². The Bertz CT molecular complexity index is 644. The highest BCUT2D eigenvalue weighted by Crippen LogP contribution is 2.29. The van der Waals surface area contributed by atoms with E-state index in [2.05, 4.69) is 24.2 Å². The van der Waals surface area contributed by atoms with E-state index in [9.17, 15) is 9.59 Å². The molecule has 0 spiro atoms. The number of nitrogens with one attached hydrogen (secondary N) is 1. The van der Waals surface area contributed by atoms with Crippen molar-refractivity contribution in [2.24, 2.45) is 5.92 Å². The molecule has 1 heterocycles. The minimum absolute atomic E-state index is 0.00450. The van der Waals surface area contributed by atoms with Crippen molar-refractivity contribution in [2.75, 3.05) is 39.8 Å². The molecule has 1 N–H and O–H groups in total. The number of rotatable bonds is 6. The van der Waals surface area contributed by atoms with E-state index in [0.717, 1.165) is 45.4 Å². The molecule has 2 amide bonds. The molecule has 1 aliphatic heterocycles. The molecule has 154 valence electrons. The number of hydrogen-bond acceptors (Lipinski definition) is 4. The summed E-state index contributed by atoms with van der Waals surface area (Å²) in [5.41, 5.74) is 0.660. The Kier molecular flexibility index (Phi) is 7.45. The fraction of sp³-hybridized carbons (Fsp3) is 0.636. The summed E-state index contributed by atoms with van der Waals surface area (Å²) in [4.78, 5) is 29.8. The van der Waals surface area contributed by atoms with Gasteiger partial charge in [-0.15, -0.1) is 0 Å². The topological polar surface area (TPSA) is 61.9 Å². The molecule has 2 aliphatic rings. The lowest BCUT2D eigenvalue weighted by molar-refractivity contribution is -0.140. The summed E-state index contributed by atoms with van der Waals surface area (Å²) in [5.74, 6) is 0.181. The number of piperazine rings is 1. The van der Waals surface area contributed by atoms with Crippen molar-refractivity contribution in [3.63, 3.8) is 0 Å². The minimum Gasteiger partial charge on any atom is -0.376 e. The van der Waals surface area contributed by atoms with Gasteiger partial charge in [-0.1, -0.05) is 25.1 Å². The molecule has 1 saturated heterocycles. The summed E-state index contributed by atoms with van der Waals surface area (Å²) < 4.78 is 6.07. The average Bonchev–Trinajstić information content (AvgIpc) is 2.73. The molecule has 0 bridgehead atoms. The molecule has 2 fully saturated rings. The van der Waals surface area contributed by atoms with Gasteiger partial charge in [-0.2, -0.15) is 0 Å². The number of carbonyl (C=O) groups excluding carboxylic acids is 2. The number of amides is 2. The number of nitrogens with zero attached hydrogens (tertiary/aromatic N) is 2. The normalized spacial score (nSPS) is 26.1. The second kappa shape index (κ2) is 10.0. The van der Waals surface area contributed by atoms with Crippen LogP contribution in [0.4, 0.5) is 0 Å². The van der Waals surface area contributed by atoms with Crippen molar-refractivity contribution in [1.29, 1.82) is 0 Å². The molecular formula is C22H33N3O3. The van der Waals surface area contributed by atoms with Gasteiger partial charge in [0.15, 0.2) is 0 Å². The standard InChI is InChI=1S/C22H33N3O3/c1-3-15-28-20-16-18(22(27)25-13-11-24(2)12-14-25)9-10-19(20)23-21(26)17-7-5-4-6-8-17/h4-8,18-20H,3,9-16H2,1-2H3,(H,23,26)/t18-,19+,20+/m0/s1. The highest BCUT2D eigenvalue weighted by molar-refractivity contribution is 5.94. The zero-order chi connectivity index (χ0) is 19.9. The number of benzene rings is 1. The minimum atomic E-state index is -0.109. The van der Waals surface area contributed by atoms with E-state index < -0.39 is 0 Å². The van der Waals surface area contributed by atoms with Crippen LogP contribution in [0.25, 0.3) is 0 Å². The van der Waals surface area contributed by atoms with Crippen molar-refractivity contribution in [3.8, 4) is 0 Å². The summed E-state index contributed by atoms with van der Waals surface area (Å²) in [6, 6.07) is 9.23. The van der Waals surface area contributed by atoms with Gasteiger partial charge in [-0.25, -0.2) is 0 Å². The predicted molar refractivity (Wildman–Crippen MR) is 109 cm³/mol. The smallest absolute Gasteiger partial charge is 0.251 e. The fourth-order valence-corrected chi connectivity index (χ4v) is 4.10. The van der Waals surface area contributed by atoms with Crippen molar-refractivity contribution >= 4 is 11.8 Å². The number of carbonyl (C=O) groups is 2. The lowest BCUT2D eigenvalue weighted by Crippen LogP contribution is -2.53. The first kappa shape index (κ1) is 20.8. The lowest BCUT2D eigenvalue weighted by Gasteiger charge is -2.39. The molecule has 0 unspecified atom stereocenters. The van der Waals surface area contributed by atoms with E-state index in [-0.39, 0.29) is 29.9 Å². The molecule has 0 aromatic heterocycles. The van der Waals surface area contributed by atoms with Gasteiger partial charge in [0.05, 0.1) is 12.1 Å². The van der Waals surface area contributed by atoms with Gasteiger partial charge in [0, 0.05) is 44.3 Å². The van der Waals surface area contributed by atoms with Crippen LogP contribution in [0, 0.1) is 5.92 Å². The third-order valence-corrected chi connectivity index (χ3v) is 5.84. The first-order valence-corrected chi connectivity index (χ1v) is 10.5. The van der Waals surface area contributed by atoms with Gasteiger partial charge in [0.1, 0.15) is 0 Å². The van der Waals surface area contributed by atoms with Crippen LogP contribution in [0.15, 0.2) is 30.3 Å². The number of likely N-dealkylation sites (N-methyl/N-ethyl adjacent to an activating group) is 1. The van der Waals surface area contributed by atoms with Gasteiger partial charge in [0.2, 0.25) is 5.91 Å². The zero-order valence-corrected chi connectivity index (χ0v) is 17.1. The lowest BCUT2D eigenvalue weighted by atomic mass is 9.82. The second-order valence-electron chi connectivity index (χ2n) is 7.99. The van der Waals surface area contributed by atoms with Gasteiger partial charge < -0.3 is 19.9 Å². The van der Waals surface area contributed by atoms with Crippen LogP contribution in [0.3, 0.4) is 0 Å². The van der Waals surface area contributed by atoms with Crippen molar-refractivity contribution in [1.82, 2.24) is 15.1 Å². The molecule has 6 nitrogen and oxygen atoms in total. The third kappa shape index (κ3) is 5.32. The number of hydrogen-bond donors (Lipinski definition) is 1. The Morgan fingerprint density at radius 1 is 1.11 bits per heavy atom. The Hall–Kier alpha value is -1.92. The van der Waals surface area contributed by atoms with Crippen LogP contribution in [0.2, 0.25) is 0 Å². The average molecular weight is 388 g/mol. The SMILES string of the molecule is CCCO[C@@H]1C[C@@H](C(=O)N2CCN(C)CC2)CC[C@H]1NC(=O)c1ccccc1. The molecule has 1 saturated carbocycles. The maximum atomic E-state index is 13.0. The zero-order valence-electron chi connectivity index (χ0n) is 17.1. The maximum Gasteiger partial charge on any atom is 0.251 e. The molecule has 0 radical (unpaired) electrons. The van der Waals surface area contributed by atoms with Crippen LogP contribution < -0.4 is 5.32 Å². The summed E-state index contributed by atoms with van der Waals surface area (Å²) in [5, 5.41) is 3.14. The highest BCUT2D eigenvalue weighted by atomic mass is 16.5. The van der Waals surface area contributed by atoms with Gasteiger partial charge >= 0.3 is 0 Å². The monoisotopic (exact) mass is 387 g/mol. The summed E-state index contributed by atoms with van der Waals surface area (Å²) in [6.45, 7) is 6.21. The Balaban J connectivity index is 1.60. The molecule has 28 heavy (non-hydrogen) atoms. The van der Waals surface area contributed by atoms with Crippen molar-refractivity contribution in [3.05, 3.63) is 35.9 Å². The molecular weight excluding hydrogens is 354 g/mol. The van der Waals surface area contributed by atoms with E-state index >= 15 is 0 Å².